The largest absolute Gasteiger partial charge is 0.309 e. The third-order valence-electron chi connectivity index (χ3n) is 3.13. The number of nitrogens with zero attached hydrogens (tertiary/aromatic N) is 1. The van der Waals surface area contributed by atoms with E-state index in [9.17, 15) is 0 Å². The highest BCUT2D eigenvalue weighted by atomic mass is 32.1. The summed E-state index contributed by atoms with van der Waals surface area (Å²) in [5.41, 5.74) is 3.60. The molecule has 1 aromatic carbocycles. The molecule has 0 fully saturated rings. The molecule has 0 spiro atoms. The SMILES string of the molecule is CNC(c1ccsc1)c1ccc2cccnc2c1. The van der Waals surface area contributed by atoms with Gasteiger partial charge in [-0.15, -0.1) is 0 Å². The Labute approximate surface area is 110 Å². The topological polar surface area (TPSA) is 24.9 Å². The molecule has 3 rings (SSSR count). The molecular formula is C15H14N2S. The van der Waals surface area contributed by atoms with Gasteiger partial charge in [-0.3, -0.25) is 4.98 Å². The van der Waals surface area contributed by atoms with Crippen molar-refractivity contribution in [3.8, 4) is 0 Å². The van der Waals surface area contributed by atoms with Crippen LogP contribution < -0.4 is 5.32 Å². The van der Waals surface area contributed by atoms with Crippen LogP contribution in [0.1, 0.15) is 17.2 Å². The molecule has 0 saturated heterocycles. The summed E-state index contributed by atoms with van der Waals surface area (Å²) in [5, 5.41) is 8.84. The van der Waals surface area contributed by atoms with Crippen molar-refractivity contribution in [3.63, 3.8) is 0 Å². The highest BCUT2D eigenvalue weighted by molar-refractivity contribution is 7.08. The van der Waals surface area contributed by atoms with E-state index >= 15 is 0 Å². The minimum Gasteiger partial charge on any atom is -0.309 e. The number of aromatic nitrogens is 1. The zero-order chi connectivity index (χ0) is 12.4. The van der Waals surface area contributed by atoms with Crippen LogP contribution >= 0.6 is 11.3 Å². The molecule has 0 saturated carbocycles. The maximum absolute atomic E-state index is 4.41. The van der Waals surface area contributed by atoms with Crippen molar-refractivity contribution in [2.75, 3.05) is 7.05 Å². The Hall–Kier alpha value is -1.71. The molecule has 2 nitrogen and oxygen atoms in total. The van der Waals surface area contributed by atoms with Gasteiger partial charge in [0.05, 0.1) is 11.6 Å². The molecule has 1 N–H and O–H groups in total. The highest BCUT2D eigenvalue weighted by Gasteiger charge is 2.12. The third kappa shape index (κ3) is 2.03. The van der Waals surface area contributed by atoms with Gasteiger partial charge in [0.15, 0.2) is 0 Å². The summed E-state index contributed by atoms with van der Waals surface area (Å²) in [6.07, 6.45) is 1.84. The van der Waals surface area contributed by atoms with Gasteiger partial charge in [0.2, 0.25) is 0 Å². The smallest absolute Gasteiger partial charge is 0.0705 e. The Morgan fingerprint density at radius 2 is 2.11 bits per heavy atom. The zero-order valence-corrected chi connectivity index (χ0v) is 10.9. The van der Waals surface area contributed by atoms with Gasteiger partial charge in [-0.05, 0) is 47.1 Å². The normalized spacial score (nSPS) is 12.7. The molecule has 0 aliphatic heterocycles. The van der Waals surface area contributed by atoms with Gasteiger partial charge in [-0.25, -0.2) is 0 Å². The van der Waals surface area contributed by atoms with Crippen LogP contribution in [0.4, 0.5) is 0 Å². The fourth-order valence-electron chi connectivity index (χ4n) is 2.23. The summed E-state index contributed by atoms with van der Waals surface area (Å²) in [4.78, 5) is 4.41. The van der Waals surface area contributed by atoms with Crippen molar-refractivity contribution in [1.29, 1.82) is 0 Å². The third-order valence-corrected chi connectivity index (χ3v) is 3.83. The number of rotatable bonds is 3. The van der Waals surface area contributed by atoms with Crippen LogP contribution in [0.15, 0.2) is 53.4 Å². The van der Waals surface area contributed by atoms with Gasteiger partial charge in [0.25, 0.3) is 0 Å². The molecule has 0 bridgehead atoms. The second-order valence-electron chi connectivity index (χ2n) is 4.23. The van der Waals surface area contributed by atoms with E-state index in [1.54, 1.807) is 11.3 Å². The lowest BCUT2D eigenvalue weighted by atomic mass is 10.00. The number of thiophene rings is 1. The van der Waals surface area contributed by atoms with Crippen molar-refractivity contribution in [3.05, 3.63) is 64.5 Å². The molecule has 2 heterocycles. The molecule has 0 radical (unpaired) electrons. The predicted molar refractivity (Wildman–Crippen MR) is 77.0 cm³/mol. The number of fused-ring (bicyclic) bond motifs is 1. The van der Waals surface area contributed by atoms with E-state index in [4.69, 9.17) is 0 Å². The summed E-state index contributed by atoms with van der Waals surface area (Å²) >= 11 is 1.73. The van der Waals surface area contributed by atoms with Crippen molar-refractivity contribution < 1.29 is 0 Å². The van der Waals surface area contributed by atoms with E-state index < -0.39 is 0 Å². The molecule has 2 aromatic heterocycles. The average molecular weight is 254 g/mol. The van der Waals surface area contributed by atoms with Crippen molar-refractivity contribution >= 4 is 22.2 Å². The summed E-state index contributed by atoms with van der Waals surface area (Å²) < 4.78 is 0. The predicted octanol–water partition coefficient (Wildman–Crippen LogP) is 3.61. The van der Waals surface area contributed by atoms with Gasteiger partial charge in [-0.2, -0.15) is 11.3 Å². The van der Waals surface area contributed by atoms with Crippen LogP contribution in [-0.2, 0) is 0 Å². The Kier molecular flexibility index (Phi) is 3.09. The van der Waals surface area contributed by atoms with E-state index in [2.05, 4.69) is 51.4 Å². The molecular weight excluding hydrogens is 240 g/mol. The molecule has 0 aliphatic rings. The maximum atomic E-state index is 4.41. The van der Waals surface area contributed by atoms with Gasteiger partial charge >= 0.3 is 0 Å². The minimum atomic E-state index is 0.239. The summed E-state index contributed by atoms with van der Waals surface area (Å²) in [5.74, 6) is 0. The Balaban J connectivity index is 2.07. The lowest BCUT2D eigenvalue weighted by Crippen LogP contribution is -2.16. The molecule has 1 unspecified atom stereocenters. The summed E-state index contributed by atoms with van der Waals surface area (Å²) in [7, 11) is 1.99. The van der Waals surface area contributed by atoms with E-state index in [0.717, 1.165) is 5.52 Å². The standard InChI is InChI=1S/C15H14N2S/c1-16-15(13-6-8-18-10-13)12-5-4-11-3-2-7-17-14(11)9-12/h2-10,15-16H,1H3. The molecule has 1 atom stereocenters. The van der Waals surface area contributed by atoms with Crippen LogP contribution in [0.2, 0.25) is 0 Å². The maximum Gasteiger partial charge on any atom is 0.0705 e. The second-order valence-corrected chi connectivity index (χ2v) is 5.01. The number of benzene rings is 1. The fourth-order valence-corrected chi connectivity index (χ4v) is 2.91. The van der Waals surface area contributed by atoms with Gasteiger partial charge in [0, 0.05) is 11.6 Å². The Bertz CT molecular complexity index is 646. The number of hydrogen-bond acceptors (Lipinski definition) is 3. The van der Waals surface area contributed by atoms with Crippen molar-refractivity contribution in [2.24, 2.45) is 0 Å². The summed E-state index contributed by atoms with van der Waals surface area (Å²) in [6.45, 7) is 0. The fraction of sp³-hybridized carbons (Fsp3) is 0.133. The first kappa shape index (κ1) is 11.4. The lowest BCUT2D eigenvalue weighted by Gasteiger charge is -2.15. The minimum absolute atomic E-state index is 0.239. The van der Waals surface area contributed by atoms with Crippen LogP contribution in [0.3, 0.4) is 0 Å². The second kappa shape index (κ2) is 4.88. The van der Waals surface area contributed by atoms with E-state index in [0.29, 0.717) is 0 Å². The molecule has 90 valence electrons. The van der Waals surface area contributed by atoms with Gasteiger partial charge in [0.1, 0.15) is 0 Å². The zero-order valence-electron chi connectivity index (χ0n) is 10.1. The average Bonchev–Trinajstić information content (AvgIpc) is 2.93. The Morgan fingerprint density at radius 1 is 1.17 bits per heavy atom. The van der Waals surface area contributed by atoms with Crippen LogP contribution in [-0.4, -0.2) is 12.0 Å². The van der Waals surface area contributed by atoms with E-state index in [1.165, 1.54) is 16.5 Å². The van der Waals surface area contributed by atoms with Crippen LogP contribution in [0.5, 0.6) is 0 Å². The monoisotopic (exact) mass is 254 g/mol. The van der Waals surface area contributed by atoms with Crippen molar-refractivity contribution in [2.45, 2.75) is 6.04 Å². The first-order chi connectivity index (χ1) is 8.88. The molecule has 0 amide bonds. The van der Waals surface area contributed by atoms with E-state index in [-0.39, 0.29) is 6.04 Å². The van der Waals surface area contributed by atoms with Crippen LogP contribution in [0.25, 0.3) is 10.9 Å². The van der Waals surface area contributed by atoms with Gasteiger partial charge in [-0.1, -0.05) is 18.2 Å². The quantitative estimate of drug-likeness (QED) is 0.772. The summed E-state index contributed by atoms with van der Waals surface area (Å²) in [6, 6.07) is 12.9. The first-order valence-electron chi connectivity index (χ1n) is 5.92. The molecule has 18 heavy (non-hydrogen) atoms. The first-order valence-corrected chi connectivity index (χ1v) is 6.87. The van der Waals surface area contributed by atoms with Crippen LogP contribution in [0, 0.1) is 0 Å². The lowest BCUT2D eigenvalue weighted by molar-refractivity contribution is 0.695. The van der Waals surface area contributed by atoms with Gasteiger partial charge < -0.3 is 5.32 Å². The molecule has 0 aliphatic carbocycles. The highest BCUT2D eigenvalue weighted by Crippen LogP contribution is 2.25. The Morgan fingerprint density at radius 3 is 2.89 bits per heavy atom. The number of nitrogens with one attached hydrogen (secondary N) is 1. The van der Waals surface area contributed by atoms with E-state index in [1.807, 2.05) is 19.3 Å². The number of pyridine rings is 1. The molecule has 3 aromatic rings. The molecule has 3 heteroatoms. The number of hydrogen-bond donors (Lipinski definition) is 1. The van der Waals surface area contributed by atoms with Crippen molar-refractivity contribution in [1.82, 2.24) is 10.3 Å².